The minimum Gasteiger partial charge on any atom is -0.462 e. The Hall–Kier alpha value is -2.33. The molecule has 0 aromatic rings. The second-order valence-corrected chi connectivity index (χ2v) is 18.8. The van der Waals surface area contributed by atoms with Crippen LogP contribution in [0.4, 0.5) is 0 Å². The summed E-state index contributed by atoms with van der Waals surface area (Å²) in [5, 5.41) is 9.74. The van der Waals surface area contributed by atoms with Crippen LogP contribution in [0.2, 0.25) is 0 Å². The smallest absolute Gasteiger partial charge is 0.462 e. The number of hydrogen-bond donors (Lipinski definition) is 2. The summed E-state index contributed by atoms with van der Waals surface area (Å²) in [5.41, 5.74) is 0. The van der Waals surface area contributed by atoms with Crippen molar-refractivity contribution in [2.75, 3.05) is 47.5 Å². The van der Waals surface area contributed by atoms with Gasteiger partial charge in [0.15, 0.2) is 6.10 Å². The maximum Gasteiger partial charge on any atom is 0.472 e. The maximum atomic E-state index is 12.7. The molecule has 61 heavy (non-hydrogen) atoms. The molecule has 0 spiro atoms. The molecule has 0 saturated heterocycles. The largest absolute Gasteiger partial charge is 0.472 e. The molecule has 2 unspecified atom stereocenters. The molecule has 0 heterocycles. The van der Waals surface area contributed by atoms with E-state index >= 15 is 0 Å². The molecule has 10 nitrogen and oxygen atoms in total. The Labute approximate surface area is 373 Å². The van der Waals surface area contributed by atoms with Gasteiger partial charge in [-0.2, -0.15) is 0 Å². The Morgan fingerprint density at radius 1 is 0.574 bits per heavy atom. The van der Waals surface area contributed by atoms with Gasteiger partial charge in [-0.1, -0.05) is 158 Å². The number of phosphoric acid groups is 1. The Kier molecular flexibility index (Phi) is 40.1. The molecule has 0 aromatic heterocycles. The van der Waals surface area contributed by atoms with E-state index in [9.17, 15) is 24.2 Å². The van der Waals surface area contributed by atoms with Crippen molar-refractivity contribution in [1.82, 2.24) is 0 Å². The lowest BCUT2D eigenvalue weighted by Gasteiger charge is -2.24. The molecule has 11 heteroatoms. The van der Waals surface area contributed by atoms with E-state index in [0.29, 0.717) is 30.3 Å². The lowest BCUT2D eigenvalue weighted by atomic mass is 10.1. The molecule has 0 aliphatic heterocycles. The number of ether oxygens (including phenoxy) is 2. The number of quaternary nitrogens is 1. The van der Waals surface area contributed by atoms with Crippen molar-refractivity contribution in [2.45, 2.75) is 199 Å². The number of rotatable bonds is 43. The highest BCUT2D eigenvalue weighted by molar-refractivity contribution is 7.47. The summed E-state index contributed by atoms with van der Waals surface area (Å²) in [7, 11) is 1.42. The highest BCUT2D eigenvalue weighted by Crippen LogP contribution is 2.43. The number of phosphoric ester groups is 1. The molecule has 0 rings (SSSR count). The zero-order valence-electron chi connectivity index (χ0n) is 39.5. The number of aliphatic hydroxyl groups excluding tert-OH is 1. The van der Waals surface area contributed by atoms with Crippen LogP contribution in [0.3, 0.4) is 0 Å². The Morgan fingerprint density at radius 3 is 1.61 bits per heavy atom. The van der Waals surface area contributed by atoms with Gasteiger partial charge in [-0.05, 0) is 77.0 Å². The molecule has 3 atom stereocenters. The van der Waals surface area contributed by atoms with Gasteiger partial charge in [-0.15, -0.1) is 0 Å². The summed E-state index contributed by atoms with van der Waals surface area (Å²) in [6.45, 7) is 4.15. The van der Waals surface area contributed by atoms with Gasteiger partial charge in [-0.3, -0.25) is 18.6 Å². The number of unbranched alkanes of at least 4 members (excludes halogenated alkanes) is 16. The van der Waals surface area contributed by atoms with Gasteiger partial charge in [0.2, 0.25) is 0 Å². The third-order valence-electron chi connectivity index (χ3n) is 10.1. The third kappa shape index (κ3) is 45.5. The van der Waals surface area contributed by atoms with E-state index in [0.717, 1.165) is 57.8 Å². The van der Waals surface area contributed by atoms with E-state index in [-0.39, 0.29) is 32.2 Å². The van der Waals surface area contributed by atoms with Crippen molar-refractivity contribution >= 4 is 19.8 Å². The summed E-state index contributed by atoms with van der Waals surface area (Å²) >= 11 is 0. The van der Waals surface area contributed by atoms with Crippen molar-refractivity contribution in [3.63, 3.8) is 0 Å². The predicted octanol–water partition coefficient (Wildman–Crippen LogP) is 13.0. The van der Waals surface area contributed by atoms with Crippen LogP contribution in [0.1, 0.15) is 187 Å². The first-order chi connectivity index (χ1) is 29.4. The quantitative estimate of drug-likeness (QED) is 0.0202. The Morgan fingerprint density at radius 2 is 1.05 bits per heavy atom. The molecular formula is C50H91NO9P+. The van der Waals surface area contributed by atoms with Gasteiger partial charge >= 0.3 is 19.8 Å². The first kappa shape index (κ1) is 58.7. The summed E-state index contributed by atoms with van der Waals surface area (Å²) < 4.78 is 34.3. The number of allylic oxidation sites excluding steroid dienone is 9. The molecule has 0 bridgehead atoms. The molecule has 0 aliphatic carbocycles. The highest BCUT2D eigenvalue weighted by atomic mass is 31.2. The van der Waals surface area contributed by atoms with Crippen LogP contribution in [-0.2, 0) is 32.7 Å². The molecular weight excluding hydrogens is 790 g/mol. The maximum absolute atomic E-state index is 12.7. The standard InChI is InChI=1S/C50H90NO9P/c1-6-8-9-10-11-12-13-14-15-16-17-18-19-22-26-29-32-35-38-42-50(54)60-48(46-59-61(55,56)58-44-43-51(3,4)5)45-57-49(53)41-37-34-31-28-25-23-20-21-24-27-30-33-36-40-47(52)39-7-2/h14-15,20,23-24,27-28,31,33,36,47-48,52H,6-13,16-19,21-22,25-26,29-30,32,34-35,37-46H2,1-5H3/p+1/b15-14-,23-20-,27-24-,31-28-,36-33-/t47?,48-/m1/s1. The molecule has 354 valence electrons. The lowest BCUT2D eigenvalue weighted by molar-refractivity contribution is -0.870. The van der Waals surface area contributed by atoms with E-state index in [4.69, 9.17) is 18.5 Å². The SMILES string of the molecule is CCCCCCCC/C=C\CCCCCCCCCCCC(=O)O[C@H](COC(=O)CCC/C=C\C/C=C\C/C=C\C/C=C\CC(O)CCC)COP(=O)(O)OCC[N+](C)(C)C. The molecule has 0 fully saturated rings. The summed E-state index contributed by atoms with van der Waals surface area (Å²) in [6.07, 6.45) is 47.6. The van der Waals surface area contributed by atoms with E-state index in [1.165, 1.54) is 83.5 Å². The topological polar surface area (TPSA) is 129 Å². The van der Waals surface area contributed by atoms with E-state index in [1.807, 2.05) is 33.3 Å². The average Bonchev–Trinajstić information content (AvgIpc) is 3.20. The number of esters is 2. The molecule has 2 N–H and O–H groups in total. The number of nitrogens with zero attached hydrogens (tertiary/aromatic N) is 1. The van der Waals surface area contributed by atoms with Gasteiger partial charge in [0.1, 0.15) is 19.8 Å². The van der Waals surface area contributed by atoms with E-state index in [2.05, 4.69) is 62.5 Å². The van der Waals surface area contributed by atoms with Crippen LogP contribution in [0.25, 0.3) is 0 Å². The summed E-state index contributed by atoms with van der Waals surface area (Å²) in [6, 6.07) is 0. The summed E-state index contributed by atoms with van der Waals surface area (Å²) in [5.74, 6) is -0.887. The number of likely N-dealkylation sites (N-methyl/N-ethyl adjacent to an activating group) is 1. The van der Waals surface area contributed by atoms with Gasteiger partial charge in [0.25, 0.3) is 0 Å². The minimum absolute atomic E-state index is 0.0146. The zero-order chi connectivity index (χ0) is 45.1. The van der Waals surface area contributed by atoms with Gasteiger partial charge in [0.05, 0.1) is 33.9 Å². The van der Waals surface area contributed by atoms with Crippen LogP contribution < -0.4 is 0 Å². The van der Waals surface area contributed by atoms with Crippen LogP contribution >= 0.6 is 7.82 Å². The molecule has 0 amide bonds. The molecule has 0 aromatic carbocycles. The van der Waals surface area contributed by atoms with Gasteiger partial charge < -0.3 is 24.0 Å². The first-order valence-electron chi connectivity index (χ1n) is 24.1. The third-order valence-corrected chi connectivity index (χ3v) is 11.1. The number of hydrogen-bond acceptors (Lipinski definition) is 8. The van der Waals surface area contributed by atoms with Crippen LogP contribution in [0, 0.1) is 0 Å². The van der Waals surface area contributed by atoms with Crippen molar-refractivity contribution in [2.24, 2.45) is 0 Å². The predicted molar refractivity (Wildman–Crippen MR) is 253 cm³/mol. The van der Waals surface area contributed by atoms with Crippen LogP contribution in [0.15, 0.2) is 60.8 Å². The molecule has 0 saturated carbocycles. The molecule has 0 radical (unpaired) electrons. The molecule has 0 aliphatic rings. The van der Waals surface area contributed by atoms with Crippen LogP contribution in [0.5, 0.6) is 0 Å². The second-order valence-electron chi connectivity index (χ2n) is 17.3. The van der Waals surface area contributed by atoms with Gasteiger partial charge in [-0.25, -0.2) is 4.57 Å². The fourth-order valence-corrected chi connectivity index (χ4v) is 7.05. The van der Waals surface area contributed by atoms with E-state index in [1.54, 1.807) is 0 Å². The lowest BCUT2D eigenvalue weighted by Crippen LogP contribution is -2.37. The summed E-state index contributed by atoms with van der Waals surface area (Å²) in [4.78, 5) is 35.4. The number of carbonyl (C=O) groups excluding carboxylic acids is 2. The average molecular weight is 881 g/mol. The van der Waals surface area contributed by atoms with Crippen molar-refractivity contribution in [3.05, 3.63) is 60.8 Å². The number of aliphatic hydroxyl groups is 1. The monoisotopic (exact) mass is 881 g/mol. The van der Waals surface area contributed by atoms with Crippen molar-refractivity contribution in [1.29, 1.82) is 0 Å². The normalized spacial score (nSPS) is 14.5. The fraction of sp³-hybridized carbons (Fsp3) is 0.760. The Bertz CT molecular complexity index is 1240. The van der Waals surface area contributed by atoms with Gasteiger partial charge in [0, 0.05) is 12.8 Å². The Balaban J connectivity index is 4.41. The number of carbonyl (C=O) groups is 2. The van der Waals surface area contributed by atoms with Crippen LogP contribution in [-0.4, -0.2) is 86.1 Å². The van der Waals surface area contributed by atoms with E-state index < -0.39 is 32.5 Å². The highest BCUT2D eigenvalue weighted by Gasteiger charge is 2.27. The zero-order valence-corrected chi connectivity index (χ0v) is 40.4. The second kappa shape index (κ2) is 41.7. The first-order valence-corrected chi connectivity index (χ1v) is 25.6. The van der Waals surface area contributed by atoms with Crippen molar-refractivity contribution in [3.8, 4) is 0 Å². The fourth-order valence-electron chi connectivity index (χ4n) is 6.31. The van der Waals surface area contributed by atoms with Crippen molar-refractivity contribution < 1.29 is 47.2 Å². The minimum atomic E-state index is -4.40.